The van der Waals surface area contributed by atoms with Crippen molar-refractivity contribution >= 4 is 11.6 Å². The molecule has 1 rings (SSSR count). The van der Waals surface area contributed by atoms with Crippen LogP contribution in [0.2, 0.25) is 0 Å². The Hall–Kier alpha value is -1.24. The summed E-state index contributed by atoms with van der Waals surface area (Å²) in [5, 5.41) is 16.5. The SMILES string of the molecule is N#CC(Cl)COc1ccc(CCO)cc1. The third-order valence-corrected chi connectivity index (χ3v) is 2.08. The van der Waals surface area contributed by atoms with Gasteiger partial charge in [-0.05, 0) is 24.1 Å². The van der Waals surface area contributed by atoms with Gasteiger partial charge in [-0.25, -0.2) is 0 Å². The van der Waals surface area contributed by atoms with Crippen molar-refractivity contribution < 1.29 is 9.84 Å². The Bertz CT molecular complexity index is 331. The summed E-state index contributed by atoms with van der Waals surface area (Å²) >= 11 is 5.58. The molecule has 1 aromatic carbocycles. The van der Waals surface area contributed by atoms with Crippen LogP contribution in [0.15, 0.2) is 24.3 Å². The van der Waals surface area contributed by atoms with E-state index in [0.717, 1.165) is 5.56 Å². The molecule has 0 aliphatic heterocycles. The highest BCUT2D eigenvalue weighted by Crippen LogP contribution is 2.13. The molecule has 15 heavy (non-hydrogen) atoms. The number of halogens is 1. The number of benzene rings is 1. The minimum atomic E-state index is -0.623. The van der Waals surface area contributed by atoms with Crippen molar-refractivity contribution in [2.75, 3.05) is 13.2 Å². The summed E-state index contributed by atoms with van der Waals surface area (Å²) in [5.74, 6) is 0.678. The zero-order chi connectivity index (χ0) is 11.1. The van der Waals surface area contributed by atoms with E-state index in [2.05, 4.69) is 0 Å². The smallest absolute Gasteiger partial charge is 0.154 e. The van der Waals surface area contributed by atoms with Gasteiger partial charge in [-0.2, -0.15) is 5.26 Å². The Morgan fingerprint density at radius 3 is 2.60 bits per heavy atom. The van der Waals surface area contributed by atoms with Crippen molar-refractivity contribution in [2.45, 2.75) is 11.8 Å². The van der Waals surface area contributed by atoms with E-state index in [1.807, 2.05) is 18.2 Å². The van der Waals surface area contributed by atoms with Crippen LogP contribution in [0.5, 0.6) is 5.75 Å². The molecular formula is C11H12ClNO2. The average Bonchev–Trinajstić information content (AvgIpc) is 2.28. The molecule has 0 aliphatic carbocycles. The van der Waals surface area contributed by atoms with Gasteiger partial charge in [0.1, 0.15) is 12.4 Å². The molecule has 0 saturated heterocycles. The van der Waals surface area contributed by atoms with Crippen molar-refractivity contribution in [3.63, 3.8) is 0 Å². The molecule has 0 fully saturated rings. The molecule has 0 aromatic heterocycles. The van der Waals surface area contributed by atoms with Crippen LogP contribution in [0.1, 0.15) is 5.56 Å². The van der Waals surface area contributed by atoms with Crippen LogP contribution in [0, 0.1) is 11.3 Å². The maximum absolute atomic E-state index is 8.71. The molecule has 80 valence electrons. The first kappa shape index (κ1) is 11.8. The number of hydrogen-bond donors (Lipinski definition) is 1. The Morgan fingerprint density at radius 1 is 1.40 bits per heavy atom. The lowest BCUT2D eigenvalue weighted by molar-refractivity contribution is 0.299. The van der Waals surface area contributed by atoms with Crippen LogP contribution in [-0.4, -0.2) is 23.7 Å². The molecule has 0 radical (unpaired) electrons. The van der Waals surface area contributed by atoms with Gasteiger partial charge < -0.3 is 9.84 Å². The Morgan fingerprint density at radius 2 is 2.07 bits per heavy atom. The van der Waals surface area contributed by atoms with Gasteiger partial charge in [0.2, 0.25) is 0 Å². The second-order valence-electron chi connectivity index (χ2n) is 3.03. The largest absolute Gasteiger partial charge is 0.491 e. The summed E-state index contributed by atoms with van der Waals surface area (Å²) in [4.78, 5) is 0. The molecule has 0 amide bonds. The minimum Gasteiger partial charge on any atom is -0.491 e. The number of nitrogens with zero attached hydrogens (tertiary/aromatic N) is 1. The van der Waals surface area contributed by atoms with E-state index in [1.54, 1.807) is 12.1 Å². The lowest BCUT2D eigenvalue weighted by atomic mass is 10.1. The van der Waals surface area contributed by atoms with Gasteiger partial charge in [0.05, 0.1) is 6.07 Å². The van der Waals surface area contributed by atoms with E-state index >= 15 is 0 Å². The highest BCUT2D eigenvalue weighted by Gasteiger charge is 2.02. The second kappa shape index (κ2) is 6.28. The number of rotatable bonds is 5. The molecule has 1 aromatic rings. The fourth-order valence-electron chi connectivity index (χ4n) is 1.09. The number of ether oxygens (including phenoxy) is 1. The van der Waals surface area contributed by atoms with E-state index in [9.17, 15) is 0 Å². The van der Waals surface area contributed by atoms with Crippen LogP contribution in [0.25, 0.3) is 0 Å². The molecule has 1 atom stereocenters. The van der Waals surface area contributed by atoms with Crippen LogP contribution in [0.4, 0.5) is 0 Å². The number of alkyl halides is 1. The highest BCUT2D eigenvalue weighted by atomic mass is 35.5. The molecule has 0 heterocycles. The molecule has 0 bridgehead atoms. The summed E-state index contributed by atoms with van der Waals surface area (Å²) in [5.41, 5.74) is 1.05. The summed E-state index contributed by atoms with van der Waals surface area (Å²) in [6.45, 7) is 0.315. The van der Waals surface area contributed by atoms with E-state index in [-0.39, 0.29) is 13.2 Å². The molecule has 0 aliphatic rings. The van der Waals surface area contributed by atoms with Gasteiger partial charge in [-0.3, -0.25) is 0 Å². The molecule has 3 nitrogen and oxygen atoms in total. The molecule has 4 heteroatoms. The highest BCUT2D eigenvalue weighted by molar-refractivity contribution is 6.22. The first-order valence-electron chi connectivity index (χ1n) is 4.62. The lowest BCUT2D eigenvalue weighted by Gasteiger charge is -2.06. The average molecular weight is 226 g/mol. The van der Waals surface area contributed by atoms with Gasteiger partial charge >= 0.3 is 0 Å². The molecular weight excluding hydrogens is 214 g/mol. The van der Waals surface area contributed by atoms with Crippen LogP contribution < -0.4 is 4.74 Å². The van der Waals surface area contributed by atoms with Crippen molar-refractivity contribution in [3.8, 4) is 11.8 Å². The number of nitriles is 1. The monoisotopic (exact) mass is 225 g/mol. The summed E-state index contributed by atoms with van der Waals surface area (Å²) in [6, 6.07) is 9.22. The van der Waals surface area contributed by atoms with Gasteiger partial charge in [0, 0.05) is 6.61 Å². The Balaban J connectivity index is 2.46. The van der Waals surface area contributed by atoms with E-state index < -0.39 is 5.38 Å². The van der Waals surface area contributed by atoms with Gasteiger partial charge in [-0.15, -0.1) is 11.6 Å². The van der Waals surface area contributed by atoms with Crippen molar-refractivity contribution in [2.24, 2.45) is 0 Å². The normalized spacial score (nSPS) is 11.8. The molecule has 1 N–H and O–H groups in total. The first-order chi connectivity index (χ1) is 7.26. The fourth-order valence-corrected chi connectivity index (χ4v) is 1.15. The molecule has 0 saturated carbocycles. The molecule has 1 unspecified atom stereocenters. The summed E-state index contributed by atoms with van der Waals surface area (Å²) < 4.78 is 5.27. The second-order valence-corrected chi connectivity index (χ2v) is 3.55. The third kappa shape index (κ3) is 4.20. The van der Waals surface area contributed by atoms with Crippen molar-refractivity contribution in [1.29, 1.82) is 5.26 Å². The minimum absolute atomic E-state index is 0.137. The zero-order valence-corrected chi connectivity index (χ0v) is 8.94. The van der Waals surface area contributed by atoms with E-state index in [1.165, 1.54) is 0 Å². The fraction of sp³-hybridized carbons (Fsp3) is 0.364. The summed E-state index contributed by atoms with van der Waals surface area (Å²) in [6.07, 6.45) is 0.636. The first-order valence-corrected chi connectivity index (χ1v) is 5.06. The quantitative estimate of drug-likeness (QED) is 0.777. The maximum Gasteiger partial charge on any atom is 0.154 e. The van der Waals surface area contributed by atoms with Gasteiger partial charge in [0.25, 0.3) is 0 Å². The van der Waals surface area contributed by atoms with Crippen molar-refractivity contribution in [3.05, 3.63) is 29.8 Å². The summed E-state index contributed by atoms with van der Waals surface area (Å²) in [7, 11) is 0. The number of aliphatic hydroxyl groups excluding tert-OH is 1. The standard InChI is InChI=1S/C11H12ClNO2/c12-10(7-13)8-15-11-3-1-9(2-4-11)5-6-14/h1-4,10,14H,5-6,8H2. The van der Waals surface area contributed by atoms with Crippen LogP contribution >= 0.6 is 11.6 Å². The molecule has 0 spiro atoms. The zero-order valence-electron chi connectivity index (χ0n) is 8.19. The van der Waals surface area contributed by atoms with E-state index in [4.69, 9.17) is 26.7 Å². The predicted octanol–water partition coefficient (Wildman–Crippen LogP) is 1.73. The number of aliphatic hydroxyl groups is 1. The van der Waals surface area contributed by atoms with Gasteiger partial charge in [0.15, 0.2) is 5.38 Å². The van der Waals surface area contributed by atoms with Crippen molar-refractivity contribution in [1.82, 2.24) is 0 Å². The van der Waals surface area contributed by atoms with Crippen LogP contribution in [-0.2, 0) is 6.42 Å². The maximum atomic E-state index is 8.71. The van der Waals surface area contributed by atoms with Crippen LogP contribution in [0.3, 0.4) is 0 Å². The Labute approximate surface area is 93.9 Å². The topological polar surface area (TPSA) is 53.2 Å². The lowest BCUT2D eigenvalue weighted by Crippen LogP contribution is -2.09. The predicted molar refractivity (Wildman–Crippen MR) is 58.0 cm³/mol. The number of hydrogen-bond acceptors (Lipinski definition) is 3. The third-order valence-electron chi connectivity index (χ3n) is 1.86. The Kier molecular flexibility index (Phi) is 4.96. The van der Waals surface area contributed by atoms with Gasteiger partial charge in [-0.1, -0.05) is 12.1 Å². The van der Waals surface area contributed by atoms with E-state index in [0.29, 0.717) is 12.2 Å².